The van der Waals surface area contributed by atoms with Crippen molar-refractivity contribution in [3.8, 4) is 11.6 Å². The van der Waals surface area contributed by atoms with Crippen molar-refractivity contribution in [3.05, 3.63) is 18.3 Å². The fraction of sp³-hybridized carbons (Fsp3) is 0.545. The number of hydrogen-bond acceptors (Lipinski definition) is 6. The highest BCUT2D eigenvalue weighted by molar-refractivity contribution is 5.45. The number of ether oxygens (including phenoxy) is 1. The third kappa shape index (κ3) is 2.74. The maximum Gasteiger partial charge on any atom is 0.276 e. The fourth-order valence-electron chi connectivity index (χ4n) is 1.48. The first-order valence-electron chi connectivity index (χ1n) is 5.86. The first-order valence-corrected chi connectivity index (χ1v) is 5.86. The molecule has 0 aliphatic rings. The molecule has 2 aromatic rings. The molecule has 2 aromatic heterocycles. The highest BCUT2D eigenvalue weighted by Crippen LogP contribution is 2.17. The summed E-state index contributed by atoms with van der Waals surface area (Å²) in [4.78, 5) is 8.24. The van der Waals surface area contributed by atoms with E-state index < -0.39 is 0 Å². The van der Waals surface area contributed by atoms with E-state index in [-0.39, 0.29) is 6.04 Å². The molecule has 0 saturated heterocycles. The predicted molar refractivity (Wildman–Crippen MR) is 64.5 cm³/mol. The second-order valence-electron chi connectivity index (χ2n) is 4.03. The molecule has 0 fully saturated rings. The van der Waals surface area contributed by atoms with Crippen molar-refractivity contribution < 1.29 is 9.26 Å². The van der Waals surface area contributed by atoms with E-state index in [1.165, 1.54) is 0 Å². The van der Waals surface area contributed by atoms with Crippen LogP contribution in [0, 0.1) is 0 Å². The predicted octanol–water partition coefficient (Wildman–Crippen LogP) is 0.896. The van der Waals surface area contributed by atoms with Gasteiger partial charge in [0.1, 0.15) is 5.69 Å². The summed E-state index contributed by atoms with van der Waals surface area (Å²) >= 11 is 0. The maximum atomic E-state index is 5.91. The van der Waals surface area contributed by atoms with Gasteiger partial charge in [0.15, 0.2) is 5.82 Å². The van der Waals surface area contributed by atoms with E-state index in [1.807, 2.05) is 14.0 Å². The molecule has 2 N–H and O–H groups in total. The van der Waals surface area contributed by atoms with Gasteiger partial charge in [-0.25, -0.2) is 4.98 Å². The molecule has 0 amide bonds. The zero-order valence-corrected chi connectivity index (χ0v) is 10.5. The van der Waals surface area contributed by atoms with Crippen LogP contribution in [0.5, 0.6) is 0 Å². The number of aryl methyl sites for hydroxylation is 1. The molecule has 0 aliphatic carbocycles. The molecule has 2 rings (SSSR count). The van der Waals surface area contributed by atoms with Crippen LogP contribution in [0.4, 0.5) is 0 Å². The zero-order valence-electron chi connectivity index (χ0n) is 10.5. The van der Waals surface area contributed by atoms with Gasteiger partial charge in [-0.05, 0) is 6.42 Å². The van der Waals surface area contributed by atoms with Gasteiger partial charge >= 0.3 is 0 Å². The lowest BCUT2D eigenvalue weighted by atomic mass is 10.3. The highest BCUT2D eigenvalue weighted by atomic mass is 16.5. The Labute approximate surface area is 105 Å². The second kappa shape index (κ2) is 5.74. The number of aromatic nitrogens is 4. The number of nitrogens with zero attached hydrogens (tertiary/aromatic N) is 4. The summed E-state index contributed by atoms with van der Waals surface area (Å²) in [5.74, 6) is 0.859. The SMILES string of the molecule is CCCOCC(N)c1noc(-c2cncn2C)n1. The van der Waals surface area contributed by atoms with Crippen molar-refractivity contribution in [3.63, 3.8) is 0 Å². The molecule has 18 heavy (non-hydrogen) atoms. The van der Waals surface area contributed by atoms with Gasteiger partial charge in [0.05, 0.1) is 25.2 Å². The number of hydrogen-bond donors (Lipinski definition) is 1. The lowest BCUT2D eigenvalue weighted by molar-refractivity contribution is 0.119. The van der Waals surface area contributed by atoms with Crippen molar-refractivity contribution in [2.75, 3.05) is 13.2 Å². The molecule has 98 valence electrons. The van der Waals surface area contributed by atoms with Crippen LogP contribution in [0.25, 0.3) is 11.6 Å². The topological polar surface area (TPSA) is 92.0 Å². The lowest BCUT2D eigenvalue weighted by Gasteiger charge is -2.06. The van der Waals surface area contributed by atoms with Crippen molar-refractivity contribution in [2.24, 2.45) is 12.8 Å². The summed E-state index contributed by atoms with van der Waals surface area (Å²) in [6, 6.07) is -0.373. The standard InChI is InChI=1S/C11H17N5O2/c1-3-4-17-6-8(12)10-14-11(18-15-10)9-5-13-7-16(9)2/h5,7-8H,3-4,6,12H2,1-2H3. The summed E-state index contributed by atoms with van der Waals surface area (Å²) in [6.07, 6.45) is 4.29. The summed E-state index contributed by atoms with van der Waals surface area (Å²) in [5, 5.41) is 3.86. The number of nitrogens with two attached hydrogens (primary N) is 1. The van der Waals surface area contributed by atoms with Gasteiger partial charge in [0.25, 0.3) is 5.89 Å². The number of rotatable bonds is 6. The highest BCUT2D eigenvalue weighted by Gasteiger charge is 2.17. The first-order chi connectivity index (χ1) is 8.72. The van der Waals surface area contributed by atoms with Crippen LogP contribution in [0.15, 0.2) is 17.0 Å². The molecule has 2 heterocycles. The van der Waals surface area contributed by atoms with Gasteiger partial charge in [-0.15, -0.1) is 0 Å². The van der Waals surface area contributed by atoms with Crippen molar-refractivity contribution in [1.29, 1.82) is 0 Å². The van der Waals surface area contributed by atoms with E-state index in [1.54, 1.807) is 17.1 Å². The van der Waals surface area contributed by atoms with Gasteiger partial charge in [0, 0.05) is 13.7 Å². The van der Waals surface area contributed by atoms with E-state index in [4.69, 9.17) is 15.0 Å². The summed E-state index contributed by atoms with van der Waals surface area (Å²) in [6.45, 7) is 3.11. The van der Waals surface area contributed by atoms with Crippen LogP contribution in [-0.2, 0) is 11.8 Å². The molecule has 0 bridgehead atoms. The smallest absolute Gasteiger partial charge is 0.276 e. The molecular weight excluding hydrogens is 234 g/mol. The van der Waals surface area contributed by atoms with Crippen LogP contribution in [0.2, 0.25) is 0 Å². The van der Waals surface area contributed by atoms with E-state index >= 15 is 0 Å². The van der Waals surface area contributed by atoms with E-state index in [9.17, 15) is 0 Å². The molecule has 7 nitrogen and oxygen atoms in total. The van der Waals surface area contributed by atoms with Crippen LogP contribution < -0.4 is 5.73 Å². The zero-order chi connectivity index (χ0) is 13.0. The Bertz CT molecular complexity index is 493. The minimum atomic E-state index is -0.373. The molecule has 0 radical (unpaired) electrons. The van der Waals surface area contributed by atoms with E-state index in [0.29, 0.717) is 24.9 Å². The van der Waals surface area contributed by atoms with Crippen LogP contribution in [-0.4, -0.2) is 32.9 Å². The first kappa shape index (κ1) is 12.7. The van der Waals surface area contributed by atoms with Crippen LogP contribution in [0.3, 0.4) is 0 Å². The van der Waals surface area contributed by atoms with Gasteiger partial charge < -0.3 is 19.6 Å². The average Bonchev–Trinajstić information content (AvgIpc) is 2.97. The van der Waals surface area contributed by atoms with Crippen LogP contribution in [0.1, 0.15) is 25.2 Å². The molecule has 0 spiro atoms. The van der Waals surface area contributed by atoms with Gasteiger partial charge in [-0.1, -0.05) is 12.1 Å². The number of imidazole rings is 1. The van der Waals surface area contributed by atoms with Crippen molar-refractivity contribution in [1.82, 2.24) is 19.7 Å². The average molecular weight is 251 g/mol. The quantitative estimate of drug-likeness (QED) is 0.767. The van der Waals surface area contributed by atoms with E-state index in [2.05, 4.69) is 15.1 Å². The minimum absolute atomic E-state index is 0.373. The minimum Gasteiger partial charge on any atom is -0.379 e. The maximum absolute atomic E-state index is 5.91. The lowest BCUT2D eigenvalue weighted by Crippen LogP contribution is -2.18. The third-order valence-corrected chi connectivity index (χ3v) is 2.46. The second-order valence-corrected chi connectivity index (χ2v) is 4.03. The van der Waals surface area contributed by atoms with Crippen molar-refractivity contribution in [2.45, 2.75) is 19.4 Å². The summed E-state index contributed by atoms with van der Waals surface area (Å²) in [7, 11) is 1.86. The molecule has 0 aromatic carbocycles. The monoisotopic (exact) mass is 251 g/mol. The molecule has 7 heteroatoms. The normalized spacial score (nSPS) is 12.8. The summed E-state index contributed by atoms with van der Waals surface area (Å²) < 4.78 is 12.3. The Kier molecular flexibility index (Phi) is 4.06. The molecule has 0 saturated carbocycles. The molecule has 0 aliphatic heterocycles. The van der Waals surface area contributed by atoms with Gasteiger partial charge in [0.2, 0.25) is 0 Å². The molecule has 1 atom stereocenters. The van der Waals surface area contributed by atoms with Gasteiger partial charge in [-0.2, -0.15) is 4.98 Å². The third-order valence-electron chi connectivity index (χ3n) is 2.46. The largest absolute Gasteiger partial charge is 0.379 e. The summed E-state index contributed by atoms with van der Waals surface area (Å²) in [5.41, 5.74) is 6.67. The Balaban J connectivity index is 2.04. The molecular formula is C11H17N5O2. The van der Waals surface area contributed by atoms with E-state index in [0.717, 1.165) is 12.1 Å². The Morgan fingerprint density at radius 1 is 1.56 bits per heavy atom. The Morgan fingerprint density at radius 3 is 3.06 bits per heavy atom. The Hall–Kier alpha value is -1.73. The Morgan fingerprint density at radius 2 is 2.39 bits per heavy atom. The molecule has 1 unspecified atom stereocenters. The fourth-order valence-corrected chi connectivity index (χ4v) is 1.48. The van der Waals surface area contributed by atoms with Gasteiger partial charge in [-0.3, -0.25) is 0 Å². The van der Waals surface area contributed by atoms with Crippen LogP contribution >= 0.6 is 0 Å². The van der Waals surface area contributed by atoms with Crippen molar-refractivity contribution >= 4 is 0 Å².